The number of nitrogens with one attached hydrogen (secondary N) is 1. The van der Waals surface area contributed by atoms with Crippen molar-refractivity contribution in [2.45, 2.75) is 38.5 Å². The lowest BCUT2D eigenvalue weighted by Crippen LogP contribution is -2.56. The van der Waals surface area contributed by atoms with Gasteiger partial charge in [0.15, 0.2) is 0 Å². The van der Waals surface area contributed by atoms with Gasteiger partial charge in [0, 0.05) is 44.3 Å². The van der Waals surface area contributed by atoms with E-state index in [1.54, 1.807) is 24.3 Å². The molecule has 1 N–H and O–H groups in total. The SMILES string of the molecule is COC(=O)c1ccc(CN(CC(c2ccccc2)N2C[C@@H](C)N[C@@H](C)C2)[SH](=O)=O)cc1. The van der Waals surface area contributed by atoms with E-state index in [4.69, 9.17) is 4.74 Å². The first-order valence-electron chi connectivity index (χ1n) is 10.5. The van der Waals surface area contributed by atoms with Crippen molar-refractivity contribution in [3.63, 3.8) is 0 Å². The monoisotopic (exact) mass is 445 g/mol. The van der Waals surface area contributed by atoms with Crippen LogP contribution in [0.25, 0.3) is 0 Å². The summed E-state index contributed by atoms with van der Waals surface area (Å²) in [5.41, 5.74) is 2.36. The van der Waals surface area contributed by atoms with Crippen LogP contribution in [-0.4, -0.2) is 62.4 Å². The maximum absolute atomic E-state index is 12.2. The van der Waals surface area contributed by atoms with E-state index in [2.05, 4.69) is 36.2 Å². The number of thiol groups is 1. The van der Waals surface area contributed by atoms with Gasteiger partial charge in [0.05, 0.1) is 12.7 Å². The van der Waals surface area contributed by atoms with E-state index in [-0.39, 0.29) is 12.6 Å². The third-order valence-corrected chi connectivity index (χ3v) is 6.33. The molecule has 2 aromatic carbocycles. The zero-order valence-electron chi connectivity index (χ0n) is 18.2. The van der Waals surface area contributed by atoms with Crippen LogP contribution in [0, 0.1) is 0 Å². The van der Waals surface area contributed by atoms with Crippen molar-refractivity contribution >= 4 is 16.9 Å². The molecule has 2 aromatic rings. The second-order valence-corrected chi connectivity index (χ2v) is 9.16. The molecule has 3 rings (SSSR count). The second kappa shape index (κ2) is 10.9. The lowest BCUT2D eigenvalue weighted by molar-refractivity contribution is 0.0600. The van der Waals surface area contributed by atoms with Crippen LogP contribution in [0.4, 0.5) is 0 Å². The summed E-state index contributed by atoms with van der Waals surface area (Å²) < 4.78 is 30.5. The van der Waals surface area contributed by atoms with Gasteiger partial charge in [0.25, 0.3) is 0 Å². The molecule has 0 saturated carbocycles. The fourth-order valence-corrected chi connectivity index (χ4v) is 4.76. The number of carbonyl (C=O) groups is 1. The normalized spacial score (nSPS) is 20.7. The lowest BCUT2D eigenvalue weighted by Gasteiger charge is -2.42. The highest BCUT2D eigenvalue weighted by Crippen LogP contribution is 2.25. The van der Waals surface area contributed by atoms with Crippen molar-refractivity contribution in [2.75, 3.05) is 26.7 Å². The molecule has 1 aliphatic rings. The zero-order valence-corrected chi connectivity index (χ0v) is 19.1. The fourth-order valence-electron chi connectivity index (χ4n) is 4.19. The van der Waals surface area contributed by atoms with Crippen molar-refractivity contribution in [3.05, 3.63) is 71.3 Å². The standard InChI is InChI=1S/C23H31N3O4S/c1-17-13-25(14-18(2)24-17)22(20-7-5-4-6-8-20)16-26(31(28)29)15-19-9-11-21(12-10-19)23(27)30-3/h4-12,17-18,22,24,31H,13-16H2,1-3H3/t17-,18+,22?. The van der Waals surface area contributed by atoms with Gasteiger partial charge in [0.2, 0.25) is 10.9 Å². The van der Waals surface area contributed by atoms with Gasteiger partial charge >= 0.3 is 5.97 Å². The van der Waals surface area contributed by atoms with E-state index in [0.717, 1.165) is 24.2 Å². The summed E-state index contributed by atoms with van der Waals surface area (Å²) >= 11 is 0. The number of hydrogen-bond acceptors (Lipinski definition) is 6. The molecule has 1 aliphatic heterocycles. The van der Waals surface area contributed by atoms with E-state index < -0.39 is 16.9 Å². The second-order valence-electron chi connectivity index (χ2n) is 8.12. The molecule has 0 aromatic heterocycles. The summed E-state index contributed by atoms with van der Waals surface area (Å²) in [5, 5.41) is 3.54. The first-order valence-corrected chi connectivity index (χ1v) is 11.6. The maximum atomic E-state index is 12.2. The fraction of sp³-hybridized carbons (Fsp3) is 0.435. The van der Waals surface area contributed by atoms with Crippen molar-refractivity contribution in [1.29, 1.82) is 0 Å². The molecule has 0 spiro atoms. The molecule has 0 aliphatic carbocycles. The van der Waals surface area contributed by atoms with Gasteiger partial charge in [0.1, 0.15) is 0 Å². The Morgan fingerprint density at radius 2 is 1.71 bits per heavy atom. The molecule has 3 atom stereocenters. The van der Waals surface area contributed by atoms with Crippen LogP contribution in [0.1, 0.15) is 41.4 Å². The van der Waals surface area contributed by atoms with Crippen LogP contribution in [0.15, 0.2) is 54.6 Å². The number of piperazine rings is 1. The van der Waals surface area contributed by atoms with Crippen LogP contribution in [0.3, 0.4) is 0 Å². The van der Waals surface area contributed by atoms with Gasteiger partial charge < -0.3 is 10.1 Å². The molecule has 1 heterocycles. The number of rotatable bonds is 8. The molecular formula is C23H31N3O4S. The summed E-state index contributed by atoms with van der Waals surface area (Å²) in [5.74, 6) is -0.413. The molecule has 8 heteroatoms. The van der Waals surface area contributed by atoms with Crippen molar-refractivity contribution in [1.82, 2.24) is 14.5 Å². The minimum absolute atomic E-state index is 0.0459. The van der Waals surface area contributed by atoms with Gasteiger partial charge in [-0.05, 0) is 37.1 Å². The predicted octanol–water partition coefficient (Wildman–Crippen LogP) is 2.23. The smallest absolute Gasteiger partial charge is 0.337 e. The maximum Gasteiger partial charge on any atom is 0.337 e. The molecular weight excluding hydrogens is 414 g/mol. The average molecular weight is 446 g/mol. The van der Waals surface area contributed by atoms with Crippen molar-refractivity contribution in [2.24, 2.45) is 0 Å². The van der Waals surface area contributed by atoms with Crippen LogP contribution < -0.4 is 5.32 Å². The molecule has 1 unspecified atom stereocenters. The highest BCUT2D eigenvalue weighted by Gasteiger charge is 2.30. The number of hydrogen-bond donors (Lipinski definition) is 2. The molecule has 1 saturated heterocycles. The third-order valence-electron chi connectivity index (χ3n) is 5.57. The molecule has 0 radical (unpaired) electrons. The molecule has 31 heavy (non-hydrogen) atoms. The number of esters is 1. The molecule has 168 valence electrons. The number of methoxy groups -OCH3 is 1. The van der Waals surface area contributed by atoms with Gasteiger partial charge in [-0.2, -0.15) is 4.31 Å². The topological polar surface area (TPSA) is 79.0 Å². The number of benzene rings is 2. The summed E-state index contributed by atoms with van der Waals surface area (Å²) in [4.78, 5) is 14.0. The zero-order chi connectivity index (χ0) is 22.4. The van der Waals surface area contributed by atoms with Crippen LogP contribution in [0.2, 0.25) is 0 Å². The van der Waals surface area contributed by atoms with Crippen LogP contribution in [0.5, 0.6) is 0 Å². The lowest BCUT2D eigenvalue weighted by atomic mass is 10.0. The minimum atomic E-state index is -2.78. The Kier molecular flexibility index (Phi) is 8.20. The first kappa shape index (κ1) is 23.4. The minimum Gasteiger partial charge on any atom is -0.465 e. The number of ether oxygens (including phenoxy) is 1. The van der Waals surface area contributed by atoms with E-state index in [1.807, 2.05) is 18.2 Å². The summed E-state index contributed by atoms with van der Waals surface area (Å²) in [7, 11) is -1.44. The highest BCUT2D eigenvalue weighted by atomic mass is 32.2. The van der Waals surface area contributed by atoms with Gasteiger partial charge in [-0.3, -0.25) is 4.90 Å². The average Bonchev–Trinajstić information content (AvgIpc) is 2.76. The Bertz CT molecular complexity index is 916. The summed E-state index contributed by atoms with van der Waals surface area (Å²) in [6, 6.07) is 17.5. The van der Waals surface area contributed by atoms with Gasteiger partial charge in [-0.25, -0.2) is 13.2 Å². The van der Waals surface area contributed by atoms with Crippen molar-refractivity contribution < 1.29 is 17.9 Å². The van der Waals surface area contributed by atoms with Crippen LogP contribution in [-0.2, 0) is 22.2 Å². The Morgan fingerprint density at radius 3 is 2.26 bits per heavy atom. The number of nitrogens with zero attached hydrogens (tertiary/aromatic N) is 2. The summed E-state index contributed by atoms with van der Waals surface area (Å²) in [6.07, 6.45) is 0. The first-order chi connectivity index (χ1) is 14.9. The molecule has 7 nitrogen and oxygen atoms in total. The van der Waals surface area contributed by atoms with E-state index in [0.29, 0.717) is 24.2 Å². The molecule has 0 bridgehead atoms. The van der Waals surface area contributed by atoms with Gasteiger partial charge in [-0.1, -0.05) is 42.5 Å². The largest absolute Gasteiger partial charge is 0.465 e. The van der Waals surface area contributed by atoms with Crippen molar-refractivity contribution in [3.8, 4) is 0 Å². The Labute approximate surface area is 186 Å². The summed E-state index contributed by atoms with van der Waals surface area (Å²) in [6.45, 7) is 6.61. The van der Waals surface area contributed by atoms with E-state index >= 15 is 0 Å². The Balaban J connectivity index is 1.82. The number of carbonyl (C=O) groups excluding carboxylic acids is 1. The van der Waals surface area contributed by atoms with E-state index in [1.165, 1.54) is 11.4 Å². The third kappa shape index (κ3) is 6.36. The van der Waals surface area contributed by atoms with Gasteiger partial charge in [-0.15, -0.1) is 0 Å². The predicted molar refractivity (Wildman–Crippen MR) is 121 cm³/mol. The molecule has 1 fully saturated rings. The Hall–Kier alpha value is -2.26. The Morgan fingerprint density at radius 1 is 1.10 bits per heavy atom. The van der Waals surface area contributed by atoms with Crippen LogP contribution >= 0.6 is 0 Å². The molecule has 0 amide bonds. The van der Waals surface area contributed by atoms with E-state index in [9.17, 15) is 13.2 Å². The quantitative estimate of drug-likeness (QED) is 0.479. The highest BCUT2D eigenvalue weighted by molar-refractivity contribution is 7.69.